The number of hydrogen-bond donors (Lipinski definition) is 0. The number of anilines is 1. The molecule has 0 spiro atoms. The Kier molecular flexibility index (Phi) is 6.76. The lowest BCUT2D eigenvalue weighted by Crippen LogP contribution is -2.52. The maximum Gasteiger partial charge on any atom is 0.183 e. The number of rotatable bonds is 7. The van der Waals surface area contributed by atoms with Gasteiger partial charge >= 0.3 is 0 Å². The van der Waals surface area contributed by atoms with Crippen LogP contribution < -0.4 is 4.90 Å². The zero-order chi connectivity index (χ0) is 21.0. The molecule has 4 heteroatoms. The molecule has 0 aliphatic carbocycles. The molecule has 156 valence electrons. The largest absolute Gasteiger partial charge is 0.378 e. The van der Waals surface area contributed by atoms with Gasteiger partial charge in [-0.05, 0) is 76.2 Å². The van der Waals surface area contributed by atoms with Crippen LogP contribution in [0.3, 0.4) is 0 Å². The van der Waals surface area contributed by atoms with Crippen molar-refractivity contribution < 1.29 is 9.53 Å². The molecule has 1 aliphatic heterocycles. The van der Waals surface area contributed by atoms with Gasteiger partial charge in [-0.15, -0.1) is 0 Å². The van der Waals surface area contributed by atoms with E-state index in [0.29, 0.717) is 6.42 Å². The Morgan fingerprint density at radius 2 is 1.72 bits per heavy atom. The summed E-state index contributed by atoms with van der Waals surface area (Å²) in [7, 11) is 4.04. The first-order chi connectivity index (χ1) is 13.9. The molecule has 0 radical (unpaired) electrons. The van der Waals surface area contributed by atoms with Gasteiger partial charge in [0.1, 0.15) is 0 Å². The Hall–Kier alpha value is -2.17. The average molecular weight is 395 g/mol. The first kappa shape index (κ1) is 21.5. The second kappa shape index (κ2) is 9.10. The number of Topliss-reactive ketones (excluding diaryl/α,β-unsaturated/α-hetero) is 1. The topological polar surface area (TPSA) is 32.8 Å². The van der Waals surface area contributed by atoms with Crippen molar-refractivity contribution in [1.29, 1.82) is 0 Å². The average Bonchev–Trinajstić information content (AvgIpc) is 2.73. The lowest BCUT2D eigenvalue weighted by Gasteiger charge is -2.38. The molecule has 2 aromatic carbocycles. The van der Waals surface area contributed by atoms with Crippen LogP contribution in [0.2, 0.25) is 0 Å². The smallest absolute Gasteiger partial charge is 0.183 e. The van der Waals surface area contributed by atoms with Gasteiger partial charge in [-0.2, -0.15) is 0 Å². The van der Waals surface area contributed by atoms with Gasteiger partial charge in [-0.25, -0.2) is 0 Å². The molecular weight excluding hydrogens is 360 g/mol. The Labute approximate surface area is 175 Å². The van der Waals surface area contributed by atoms with Crippen molar-refractivity contribution in [2.24, 2.45) is 0 Å². The van der Waals surface area contributed by atoms with E-state index in [2.05, 4.69) is 60.9 Å². The lowest BCUT2D eigenvalue weighted by atomic mass is 9.79. The normalized spacial score (nSPS) is 16.7. The van der Waals surface area contributed by atoms with Crippen LogP contribution in [0.15, 0.2) is 42.5 Å². The highest BCUT2D eigenvalue weighted by Gasteiger charge is 2.39. The van der Waals surface area contributed by atoms with Gasteiger partial charge in [-0.1, -0.05) is 30.7 Å². The van der Waals surface area contributed by atoms with Crippen LogP contribution in [0.25, 0.3) is 0 Å². The third-order valence-corrected chi connectivity index (χ3v) is 6.35. The maximum absolute atomic E-state index is 13.7. The number of ether oxygens (including phenoxy) is 1. The number of carbonyl (C=O) groups excluding carboxylic acids is 1. The highest BCUT2D eigenvalue weighted by molar-refractivity contribution is 6.03. The standard InChI is InChI=1S/C25H34N2O2/c1-6-25(26(4)5,18-22-8-7-19(2)17-20(22)3)24(28)21-9-11-23(12-10-21)27-13-15-29-16-14-27/h7-12,17H,6,13-16,18H2,1-5H3. The van der Waals surface area contributed by atoms with Crippen molar-refractivity contribution >= 4 is 11.5 Å². The molecule has 1 aliphatic rings. The van der Waals surface area contributed by atoms with Gasteiger partial charge in [0, 0.05) is 24.3 Å². The zero-order valence-electron chi connectivity index (χ0n) is 18.5. The van der Waals surface area contributed by atoms with Crippen LogP contribution >= 0.6 is 0 Å². The van der Waals surface area contributed by atoms with Gasteiger partial charge in [-0.3, -0.25) is 9.69 Å². The van der Waals surface area contributed by atoms with Gasteiger partial charge in [0.05, 0.1) is 18.8 Å². The molecule has 3 rings (SSSR count). The van der Waals surface area contributed by atoms with E-state index in [1.54, 1.807) is 0 Å². The van der Waals surface area contributed by atoms with Crippen LogP contribution in [-0.4, -0.2) is 56.6 Å². The molecule has 0 aromatic heterocycles. The molecule has 0 amide bonds. The van der Waals surface area contributed by atoms with Crippen LogP contribution in [0.1, 0.15) is 40.4 Å². The summed E-state index contributed by atoms with van der Waals surface area (Å²) in [6, 6.07) is 14.6. The summed E-state index contributed by atoms with van der Waals surface area (Å²) < 4.78 is 5.44. The highest BCUT2D eigenvalue weighted by atomic mass is 16.5. The van der Waals surface area contributed by atoms with Gasteiger partial charge in [0.2, 0.25) is 0 Å². The molecule has 1 heterocycles. The van der Waals surface area contributed by atoms with Crippen molar-refractivity contribution in [2.45, 2.75) is 39.2 Å². The molecule has 1 saturated heterocycles. The minimum Gasteiger partial charge on any atom is -0.378 e. The molecule has 0 N–H and O–H groups in total. The van der Waals surface area contributed by atoms with E-state index >= 15 is 0 Å². The number of morpholine rings is 1. The first-order valence-electron chi connectivity index (χ1n) is 10.6. The third kappa shape index (κ3) is 4.54. The molecule has 1 unspecified atom stereocenters. The minimum absolute atomic E-state index is 0.193. The van der Waals surface area contributed by atoms with Crippen LogP contribution in [0, 0.1) is 13.8 Å². The summed E-state index contributed by atoms with van der Waals surface area (Å²) in [6.45, 7) is 9.68. The van der Waals surface area contributed by atoms with E-state index in [-0.39, 0.29) is 5.78 Å². The summed E-state index contributed by atoms with van der Waals surface area (Å²) in [5.41, 5.74) is 5.13. The minimum atomic E-state index is -0.555. The Morgan fingerprint density at radius 3 is 2.28 bits per heavy atom. The summed E-state index contributed by atoms with van der Waals surface area (Å²) in [5.74, 6) is 0.193. The first-order valence-corrected chi connectivity index (χ1v) is 10.6. The number of nitrogens with zero attached hydrogens (tertiary/aromatic N) is 2. The highest BCUT2D eigenvalue weighted by Crippen LogP contribution is 2.30. The quantitative estimate of drug-likeness (QED) is 0.657. The summed E-state index contributed by atoms with van der Waals surface area (Å²) >= 11 is 0. The van der Waals surface area contributed by atoms with Crippen LogP contribution in [-0.2, 0) is 11.2 Å². The number of carbonyl (C=O) groups is 1. The van der Waals surface area contributed by atoms with Gasteiger partial charge < -0.3 is 9.64 Å². The number of hydrogen-bond acceptors (Lipinski definition) is 4. The maximum atomic E-state index is 13.7. The molecule has 0 saturated carbocycles. The number of aryl methyl sites for hydroxylation is 2. The van der Waals surface area contributed by atoms with Crippen LogP contribution in [0.4, 0.5) is 5.69 Å². The molecular formula is C25H34N2O2. The molecule has 1 atom stereocenters. The number of benzene rings is 2. The second-order valence-corrected chi connectivity index (χ2v) is 8.36. The van der Waals surface area contributed by atoms with Crippen molar-refractivity contribution in [1.82, 2.24) is 4.90 Å². The summed E-state index contributed by atoms with van der Waals surface area (Å²) in [5, 5.41) is 0. The fourth-order valence-electron chi connectivity index (χ4n) is 4.32. The molecule has 1 fully saturated rings. The van der Waals surface area contributed by atoms with Gasteiger partial charge in [0.25, 0.3) is 0 Å². The second-order valence-electron chi connectivity index (χ2n) is 8.36. The van der Waals surface area contributed by atoms with E-state index in [9.17, 15) is 4.79 Å². The van der Waals surface area contributed by atoms with Crippen molar-refractivity contribution in [3.63, 3.8) is 0 Å². The third-order valence-electron chi connectivity index (χ3n) is 6.35. The van der Waals surface area contributed by atoms with Crippen molar-refractivity contribution in [2.75, 3.05) is 45.3 Å². The van der Waals surface area contributed by atoms with E-state index in [1.807, 2.05) is 26.2 Å². The molecule has 29 heavy (non-hydrogen) atoms. The molecule has 4 nitrogen and oxygen atoms in total. The fourth-order valence-corrected chi connectivity index (χ4v) is 4.32. The lowest BCUT2D eigenvalue weighted by molar-refractivity contribution is 0.0666. The van der Waals surface area contributed by atoms with E-state index in [1.165, 1.54) is 16.7 Å². The zero-order valence-corrected chi connectivity index (χ0v) is 18.5. The fraction of sp³-hybridized carbons (Fsp3) is 0.480. The predicted octanol–water partition coefficient (Wildman–Crippen LogP) is 4.28. The molecule has 0 bridgehead atoms. The Morgan fingerprint density at radius 1 is 1.07 bits per heavy atom. The number of ketones is 1. The van der Waals surface area contributed by atoms with Gasteiger partial charge in [0.15, 0.2) is 5.78 Å². The van der Waals surface area contributed by atoms with E-state index in [0.717, 1.165) is 44.0 Å². The van der Waals surface area contributed by atoms with E-state index in [4.69, 9.17) is 4.74 Å². The van der Waals surface area contributed by atoms with Crippen molar-refractivity contribution in [3.05, 3.63) is 64.7 Å². The SMILES string of the molecule is CCC(Cc1ccc(C)cc1C)(C(=O)c1ccc(N2CCOCC2)cc1)N(C)C. The van der Waals surface area contributed by atoms with E-state index < -0.39 is 5.54 Å². The molecule has 2 aromatic rings. The van der Waals surface area contributed by atoms with Crippen molar-refractivity contribution in [3.8, 4) is 0 Å². The monoisotopic (exact) mass is 394 g/mol. The Balaban J connectivity index is 1.88. The summed E-state index contributed by atoms with van der Waals surface area (Å²) in [4.78, 5) is 18.1. The summed E-state index contributed by atoms with van der Waals surface area (Å²) in [6.07, 6.45) is 1.48. The number of likely N-dealkylation sites (N-methyl/N-ethyl adjacent to an activating group) is 1. The van der Waals surface area contributed by atoms with Crippen LogP contribution in [0.5, 0.6) is 0 Å². The Bertz CT molecular complexity index is 838. The predicted molar refractivity (Wildman–Crippen MR) is 120 cm³/mol.